The number of aryl methyl sites for hydroxylation is 2. The van der Waals surface area contributed by atoms with Crippen molar-refractivity contribution in [3.8, 4) is 0 Å². The number of aromatic nitrogens is 3. The molecule has 0 aliphatic carbocycles. The first-order chi connectivity index (χ1) is 5.27. The fourth-order valence-electron chi connectivity index (χ4n) is 0.889. The monoisotopic (exact) mass is 155 g/mol. The van der Waals surface area contributed by atoms with E-state index >= 15 is 0 Å². The number of hydrazine groups is 1. The summed E-state index contributed by atoms with van der Waals surface area (Å²) in [6.07, 6.45) is 0.898. The predicted molar refractivity (Wildman–Crippen MR) is 43.1 cm³/mol. The third-order valence-corrected chi connectivity index (χ3v) is 1.41. The molecule has 0 spiro atoms. The molecule has 0 atom stereocenters. The van der Waals surface area contributed by atoms with Gasteiger partial charge in [0.05, 0.1) is 0 Å². The van der Waals surface area contributed by atoms with E-state index in [-0.39, 0.29) is 0 Å². The van der Waals surface area contributed by atoms with E-state index in [1.807, 2.05) is 14.0 Å². The van der Waals surface area contributed by atoms with Gasteiger partial charge in [0.15, 0.2) is 0 Å². The molecule has 5 heteroatoms. The second-order valence-corrected chi connectivity index (χ2v) is 2.20. The van der Waals surface area contributed by atoms with Gasteiger partial charge in [0.2, 0.25) is 0 Å². The first-order valence-corrected chi connectivity index (χ1v) is 3.60. The highest BCUT2D eigenvalue weighted by Crippen LogP contribution is 1.99. The second kappa shape index (κ2) is 3.34. The molecule has 1 rings (SSSR count). The second-order valence-electron chi connectivity index (χ2n) is 2.20. The summed E-state index contributed by atoms with van der Waals surface area (Å²) in [5.41, 5.74) is 5.57. The van der Waals surface area contributed by atoms with Gasteiger partial charge in [0.1, 0.15) is 5.82 Å². The predicted octanol–water partition coefficient (Wildman–Crippen LogP) is -0.0762. The van der Waals surface area contributed by atoms with Crippen LogP contribution in [0.1, 0.15) is 12.7 Å². The lowest BCUT2D eigenvalue weighted by Gasteiger charge is -1.93. The molecule has 0 saturated heterocycles. The van der Waals surface area contributed by atoms with Gasteiger partial charge in [-0.3, -0.25) is 10.1 Å². The lowest BCUT2D eigenvalue weighted by molar-refractivity contribution is 0.708. The highest BCUT2D eigenvalue weighted by Gasteiger charge is 2.02. The molecule has 0 radical (unpaired) electrons. The minimum atomic E-state index is 0.617. The van der Waals surface area contributed by atoms with Gasteiger partial charge in [-0.2, -0.15) is 4.98 Å². The standard InChI is InChI=1S/C6H13N5/c1-4-5-8-6(9-7-2)10-11(5)3/h7H,4H2,1-3H3,(H,9,10). The molecule has 0 amide bonds. The van der Waals surface area contributed by atoms with Crippen molar-refractivity contribution in [1.29, 1.82) is 0 Å². The minimum absolute atomic E-state index is 0.617. The lowest BCUT2D eigenvalue weighted by Crippen LogP contribution is -2.16. The van der Waals surface area contributed by atoms with E-state index < -0.39 is 0 Å². The van der Waals surface area contributed by atoms with Gasteiger partial charge in [-0.25, -0.2) is 5.43 Å². The minimum Gasteiger partial charge on any atom is -0.289 e. The number of hydrogen-bond acceptors (Lipinski definition) is 4. The molecule has 0 aliphatic rings. The van der Waals surface area contributed by atoms with E-state index in [0.29, 0.717) is 5.95 Å². The van der Waals surface area contributed by atoms with Gasteiger partial charge in [-0.1, -0.05) is 6.92 Å². The molecule has 0 bridgehead atoms. The lowest BCUT2D eigenvalue weighted by atomic mass is 10.5. The summed E-state index contributed by atoms with van der Waals surface area (Å²) in [6.45, 7) is 2.05. The zero-order valence-electron chi connectivity index (χ0n) is 7.05. The van der Waals surface area contributed by atoms with Crippen LogP contribution < -0.4 is 10.9 Å². The molecule has 1 aromatic rings. The van der Waals surface area contributed by atoms with Crippen LogP contribution in [-0.2, 0) is 13.5 Å². The Bertz CT molecular complexity index is 229. The van der Waals surface area contributed by atoms with Gasteiger partial charge in [-0.05, 0) is 0 Å². The molecule has 0 aliphatic heterocycles. The van der Waals surface area contributed by atoms with Crippen LogP contribution in [-0.4, -0.2) is 21.8 Å². The summed E-state index contributed by atoms with van der Waals surface area (Å²) in [4.78, 5) is 4.20. The molecule has 1 heterocycles. The number of anilines is 1. The van der Waals surface area contributed by atoms with Crippen LogP contribution in [0.5, 0.6) is 0 Å². The Hall–Kier alpha value is -1.10. The van der Waals surface area contributed by atoms with Crippen molar-refractivity contribution in [3.05, 3.63) is 5.82 Å². The largest absolute Gasteiger partial charge is 0.289 e. The van der Waals surface area contributed by atoms with Crippen molar-refractivity contribution in [2.75, 3.05) is 12.5 Å². The Morgan fingerprint density at radius 3 is 2.73 bits per heavy atom. The van der Waals surface area contributed by atoms with Gasteiger partial charge in [0.25, 0.3) is 5.95 Å². The number of rotatable bonds is 3. The van der Waals surface area contributed by atoms with E-state index in [2.05, 4.69) is 20.9 Å². The van der Waals surface area contributed by atoms with Gasteiger partial charge >= 0.3 is 0 Å². The van der Waals surface area contributed by atoms with E-state index in [4.69, 9.17) is 0 Å². The first-order valence-electron chi connectivity index (χ1n) is 3.60. The Morgan fingerprint density at radius 2 is 2.27 bits per heavy atom. The van der Waals surface area contributed by atoms with Crippen molar-refractivity contribution >= 4 is 5.95 Å². The highest BCUT2D eigenvalue weighted by atomic mass is 15.5. The smallest absolute Gasteiger partial charge is 0.256 e. The quantitative estimate of drug-likeness (QED) is 0.600. The van der Waals surface area contributed by atoms with E-state index in [1.165, 1.54) is 0 Å². The molecule has 5 nitrogen and oxygen atoms in total. The Kier molecular flexibility index (Phi) is 2.43. The number of nitrogens with zero attached hydrogens (tertiary/aromatic N) is 3. The van der Waals surface area contributed by atoms with E-state index in [9.17, 15) is 0 Å². The maximum atomic E-state index is 4.20. The summed E-state index contributed by atoms with van der Waals surface area (Å²) in [5, 5.41) is 4.10. The molecule has 0 saturated carbocycles. The third-order valence-electron chi connectivity index (χ3n) is 1.41. The normalized spacial score (nSPS) is 10.1. The molecule has 0 aromatic carbocycles. The molecule has 0 unspecified atom stereocenters. The topological polar surface area (TPSA) is 54.8 Å². The van der Waals surface area contributed by atoms with E-state index in [0.717, 1.165) is 12.2 Å². The van der Waals surface area contributed by atoms with Crippen molar-refractivity contribution in [2.24, 2.45) is 7.05 Å². The fraction of sp³-hybridized carbons (Fsp3) is 0.667. The van der Waals surface area contributed by atoms with Crippen molar-refractivity contribution in [3.63, 3.8) is 0 Å². The summed E-state index contributed by atoms with van der Waals surface area (Å²) < 4.78 is 1.76. The Labute approximate surface area is 65.8 Å². The van der Waals surface area contributed by atoms with Crippen molar-refractivity contribution < 1.29 is 0 Å². The summed E-state index contributed by atoms with van der Waals surface area (Å²) in [5.74, 6) is 1.59. The SMILES string of the molecule is CCc1nc(NNC)nn1C. The summed E-state index contributed by atoms with van der Waals surface area (Å²) >= 11 is 0. The summed E-state index contributed by atoms with van der Waals surface area (Å²) in [7, 11) is 3.66. The van der Waals surface area contributed by atoms with Crippen LogP contribution in [0, 0.1) is 0 Å². The molecule has 62 valence electrons. The van der Waals surface area contributed by atoms with Gasteiger partial charge in [-0.15, -0.1) is 5.10 Å². The van der Waals surface area contributed by atoms with Crippen LogP contribution in [0.2, 0.25) is 0 Å². The average Bonchev–Trinajstić information content (AvgIpc) is 2.32. The average molecular weight is 155 g/mol. The molecular weight excluding hydrogens is 142 g/mol. The van der Waals surface area contributed by atoms with Crippen LogP contribution in [0.15, 0.2) is 0 Å². The van der Waals surface area contributed by atoms with Gasteiger partial charge < -0.3 is 0 Å². The highest BCUT2D eigenvalue weighted by molar-refractivity contribution is 5.20. The molecular formula is C6H13N5. The zero-order chi connectivity index (χ0) is 8.27. The third kappa shape index (κ3) is 1.68. The number of nitrogens with one attached hydrogen (secondary N) is 2. The first kappa shape index (κ1) is 8.00. The molecule has 0 fully saturated rings. The number of hydrogen-bond donors (Lipinski definition) is 2. The van der Waals surface area contributed by atoms with Crippen molar-refractivity contribution in [1.82, 2.24) is 20.2 Å². The van der Waals surface area contributed by atoms with E-state index in [1.54, 1.807) is 11.7 Å². The van der Waals surface area contributed by atoms with Crippen LogP contribution in [0.25, 0.3) is 0 Å². The fourth-order valence-corrected chi connectivity index (χ4v) is 0.889. The maximum absolute atomic E-state index is 4.20. The summed E-state index contributed by atoms with van der Waals surface area (Å²) in [6, 6.07) is 0. The molecule has 1 aromatic heterocycles. The zero-order valence-corrected chi connectivity index (χ0v) is 7.05. The van der Waals surface area contributed by atoms with Crippen LogP contribution in [0.4, 0.5) is 5.95 Å². The Balaban J connectivity index is 2.77. The van der Waals surface area contributed by atoms with Crippen molar-refractivity contribution in [2.45, 2.75) is 13.3 Å². The molecule has 11 heavy (non-hydrogen) atoms. The van der Waals surface area contributed by atoms with Crippen LogP contribution >= 0.6 is 0 Å². The Morgan fingerprint density at radius 1 is 1.55 bits per heavy atom. The molecule has 2 N–H and O–H groups in total. The van der Waals surface area contributed by atoms with Gasteiger partial charge in [0, 0.05) is 20.5 Å². The maximum Gasteiger partial charge on any atom is 0.256 e. The van der Waals surface area contributed by atoms with Crippen LogP contribution in [0.3, 0.4) is 0 Å².